The molecule has 1 heterocycles. The fraction of sp³-hybridized carbons (Fsp3) is 0.435. The highest BCUT2D eigenvalue weighted by atomic mass is 16.6. The maximum atomic E-state index is 12.1. The minimum atomic E-state index is -0.692. The number of rotatable bonds is 7. The molecule has 1 atom stereocenters. The quantitative estimate of drug-likeness (QED) is 0.703. The van der Waals surface area contributed by atoms with Crippen molar-refractivity contribution in [2.75, 3.05) is 6.61 Å². The zero-order valence-electron chi connectivity index (χ0n) is 17.7. The zero-order chi connectivity index (χ0) is 21.6. The third-order valence-electron chi connectivity index (χ3n) is 4.13. The summed E-state index contributed by atoms with van der Waals surface area (Å²) in [5, 5.41) is 10.5. The third-order valence-corrected chi connectivity index (χ3v) is 4.13. The number of esters is 2. The summed E-state index contributed by atoms with van der Waals surface area (Å²) in [5.41, 5.74) is 2.51. The van der Waals surface area contributed by atoms with Crippen LogP contribution in [-0.2, 0) is 15.9 Å². The molecule has 6 heteroatoms. The average molecular weight is 399 g/mol. The van der Waals surface area contributed by atoms with Crippen molar-refractivity contribution >= 4 is 11.9 Å². The molecule has 0 fully saturated rings. The Morgan fingerprint density at radius 3 is 2.34 bits per heavy atom. The van der Waals surface area contributed by atoms with Gasteiger partial charge in [-0.3, -0.25) is 0 Å². The number of carbonyl (C=O) groups is 2. The van der Waals surface area contributed by atoms with Crippen LogP contribution >= 0.6 is 0 Å². The number of nitrogens with zero attached hydrogens (tertiary/aromatic N) is 1. The maximum absolute atomic E-state index is 12.1. The molecule has 0 aliphatic heterocycles. The smallest absolute Gasteiger partial charge is 0.356 e. The van der Waals surface area contributed by atoms with Crippen LogP contribution in [0.15, 0.2) is 36.4 Å². The van der Waals surface area contributed by atoms with Gasteiger partial charge in [0.05, 0.1) is 18.3 Å². The number of aromatic nitrogens is 1. The van der Waals surface area contributed by atoms with Gasteiger partial charge in [0, 0.05) is 5.69 Å². The number of benzene rings is 1. The van der Waals surface area contributed by atoms with Gasteiger partial charge in [0.2, 0.25) is 0 Å². The molecule has 0 radical (unpaired) electrons. The van der Waals surface area contributed by atoms with E-state index >= 15 is 0 Å². The molecule has 1 aromatic heterocycles. The minimum Gasteiger partial charge on any atom is -0.461 e. The maximum Gasteiger partial charge on any atom is 0.356 e. The number of hydrogen-bond donors (Lipinski definition) is 1. The molecular formula is C23H29NO5. The van der Waals surface area contributed by atoms with Crippen molar-refractivity contribution in [1.29, 1.82) is 0 Å². The molecule has 0 spiro atoms. The van der Waals surface area contributed by atoms with Crippen molar-refractivity contribution in [3.05, 3.63) is 64.5 Å². The van der Waals surface area contributed by atoms with Gasteiger partial charge in [-0.2, -0.15) is 0 Å². The van der Waals surface area contributed by atoms with Crippen molar-refractivity contribution in [2.24, 2.45) is 0 Å². The minimum absolute atomic E-state index is 0.276. The Hall–Kier alpha value is -2.73. The highest BCUT2D eigenvalue weighted by molar-refractivity contribution is 5.89. The van der Waals surface area contributed by atoms with E-state index < -0.39 is 23.6 Å². The Bertz CT molecular complexity index is 853. The van der Waals surface area contributed by atoms with Gasteiger partial charge in [0.15, 0.2) is 0 Å². The van der Waals surface area contributed by atoms with Crippen LogP contribution in [0.3, 0.4) is 0 Å². The second-order valence-corrected chi connectivity index (χ2v) is 7.90. The summed E-state index contributed by atoms with van der Waals surface area (Å²) < 4.78 is 10.3. The number of pyridine rings is 1. The molecule has 0 aliphatic carbocycles. The van der Waals surface area contributed by atoms with E-state index in [-0.39, 0.29) is 5.69 Å². The number of carbonyl (C=O) groups excluding carboxylic acids is 2. The first kappa shape index (κ1) is 22.6. The lowest BCUT2D eigenvalue weighted by Crippen LogP contribution is -2.23. The van der Waals surface area contributed by atoms with E-state index in [1.54, 1.807) is 37.3 Å². The van der Waals surface area contributed by atoms with E-state index in [9.17, 15) is 14.7 Å². The summed E-state index contributed by atoms with van der Waals surface area (Å²) in [4.78, 5) is 28.2. The molecule has 29 heavy (non-hydrogen) atoms. The number of hydrogen-bond acceptors (Lipinski definition) is 6. The summed E-state index contributed by atoms with van der Waals surface area (Å²) in [6.45, 7) is 9.31. The van der Waals surface area contributed by atoms with E-state index in [0.29, 0.717) is 30.6 Å². The Morgan fingerprint density at radius 1 is 1.10 bits per heavy atom. The number of aliphatic hydroxyl groups is 1. The van der Waals surface area contributed by atoms with Gasteiger partial charge in [-0.15, -0.1) is 0 Å². The lowest BCUT2D eigenvalue weighted by molar-refractivity contribution is 0.00691. The number of ether oxygens (including phenoxy) is 2. The molecule has 2 rings (SSSR count). The molecule has 6 nitrogen and oxygen atoms in total. The highest BCUT2D eigenvalue weighted by Crippen LogP contribution is 2.21. The van der Waals surface area contributed by atoms with Crippen LogP contribution in [0.4, 0.5) is 0 Å². The molecular weight excluding hydrogens is 370 g/mol. The highest BCUT2D eigenvalue weighted by Gasteiger charge is 2.18. The number of aliphatic hydroxyl groups excluding tert-OH is 1. The van der Waals surface area contributed by atoms with Gasteiger partial charge in [-0.1, -0.05) is 12.1 Å². The van der Waals surface area contributed by atoms with E-state index in [1.807, 2.05) is 33.8 Å². The van der Waals surface area contributed by atoms with Crippen molar-refractivity contribution in [2.45, 2.75) is 59.2 Å². The largest absolute Gasteiger partial charge is 0.461 e. The van der Waals surface area contributed by atoms with Gasteiger partial charge in [0.1, 0.15) is 11.3 Å². The Morgan fingerprint density at radius 2 is 1.76 bits per heavy atom. The second kappa shape index (κ2) is 9.65. The van der Waals surface area contributed by atoms with Crippen molar-refractivity contribution < 1.29 is 24.2 Å². The molecule has 2 aromatic rings. The molecule has 0 amide bonds. The van der Waals surface area contributed by atoms with Crippen LogP contribution in [0.2, 0.25) is 0 Å². The molecule has 0 aliphatic rings. The van der Waals surface area contributed by atoms with Crippen LogP contribution in [0, 0.1) is 6.92 Å². The summed E-state index contributed by atoms with van der Waals surface area (Å²) in [7, 11) is 0. The lowest BCUT2D eigenvalue weighted by Gasteiger charge is -2.19. The van der Waals surface area contributed by atoms with Crippen molar-refractivity contribution in [3.63, 3.8) is 0 Å². The monoisotopic (exact) mass is 399 g/mol. The van der Waals surface area contributed by atoms with E-state index in [2.05, 4.69) is 4.98 Å². The Labute approximate surface area is 171 Å². The number of aryl methyl sites for hydroxylation is 2. The fourth-order valence-electron chi connectivity index (χ4n) is 2.84. The normalized spacial score (nSPS) is 12.3. The van der Waals surface area contributed by atoms with E-state index in [0.717, 1.165) is 11.3 Å². The van der Waals surface area contributed by atoms with Gasteiger partial charge >= 0.3 is 11.9 Å². The predicted octanol–water partition coefficient (Wildman–Crippen LogP) is 4.19. The van der Waals surface area contributed by atoms with E-state index in [1.165, 1.54) is 0 Å². The average Bonchev–Trinajstić information content (AvgIpc) is 2.64. The predicted molar refractivity (Wildman–Crippen MR) is 110 cm³/mol. The summed E-state index contributed by atoms with van der Waals surface area (Å²) in [6, 6.07) is 10.4. The first-order chi connectivity index (χ1) is 13.6. The Balaban J connectivity index is 2.01. The first-order valence-corrected chi connectivity index (χ1v) is 9.75. The lowest BCUT2D eigenvalue weighted by atomic mass is 10.00. The van der Waals surface area contributed by atoms with Crippen LogP contribution in [0.1, 0.15) is 77.9 Å². The van der Waals surface area contributed by atoms with Crippen LogP contribution < -0.4 is 0 Å². The van der Waals surface area contributed by atoms with Gasteiger partial charge in [-0.25, -0.2) is 14.6 Å². The molecule has 1 unspecified atom stereocenters. The first-order valence-electron chi connectivity index (χ1n) is 9.75. The van der Waals surface area contributed by atoms with Crippen molar-refractivity contribution in [3.8, 4) is 0 Å². The summed E-state index contributed by atoms with van der Waals surface area (Å²) in [6.07, 6.45) is 0.351. The van der Waals surface area contributed by atoms with Gasteiger partial charge in [-0.05, 0) is 82.9 Å². The van der Waals surface area contributed by atoms with Crippen LogP contribution in [0.5, 0.6) is 0 Å². The standard InChI is InChI=1S/C23H29NO5/c1-6-28-22(27)19-14-16(13-15(2)24-19)7-12-20(25)17-8-10-18(11-9-17)21(26)29-23(3,4)5/h8-11,13-14,20,25H,6-7,12H2,1-5H3. The topological polar surface area (TPSA) is 85.7 Å². The third kappa shape index (κ3) is 6.98. The fourth-order valence-corrected chi connectivity index (χ4v) is 2.84. The van der Waals surface area contributed by atoms with Gasteiger partial charge < -0.3 is 14.6 Å². The van der Waals surface area contributed by atoms with Crippen LogP contribution in [0.25, 0.3) is 0 Å². The molecule has 0 bridgehead atoms. The molecule has 1 N–H and O–H groups in total. The molecule has 1 aromatic carbocycles. The SMILES string of the molecule is CCOC(=O)c1cc(CCC(O)c2ccc(C(=O)OC(C)(C)C)cc2)cc(C)n1. The van der Waals surface area contributed by atoms with Gasteiger partial charge in [0.25, 0.3) is 0 Å². The molecule has 156 valence electrons. The summed E-state index contributed by atoms with van der Waals surface area (Å²) in [5.74, 6) is -0.840. The second-order valence-electron chi connectivity index (χ2n) is 7.90. The molecule has 0 saturated heterocycles. The van der Waals surface area contributed by atoms with Crippen molar-refractivity contribution in [1.82, 2.24) is 4.98 Å². The Kier molecular flexibility index (Phi) is 7.51. The van der Waals surface area contributed by atoms with E-state index in [4.69, 9.17) is 9.47 Å². The zero-order valence-corrected chi connectivity index (χ0v) is 17.7. The molecule has 0 saturated carbocycles. The van der Waals surface area contributed by atoms with Crippen LogP contribution in [-0.4, -0.2) is 34.2 Å². The summed E-state index contributed by atoms with van der Waals surface area (Å²) >= 11 is 0.